The molecule has 0 saturated heterocycles. The quantitative estimate of drug-likeness (QED) is 0.153. The Bertz CT molecular complexity index is 1670. The zero-order valence-electron chi connectivity index (χ0n) is 24.3. The Labute approximate surface area is 251 Å². The third-order valence-electron chi connectivity index (χ3n) is 8.37. The Morgan fingerprint density at radius 1 is 0.262 bits per heavy atom. The number of rotatable bonds is 11. The number of hydrogen-bond donors (Lipinski definition) is 0. The van der Waals surface area contributed by atoms with Gasteiger partial charge in [-0.1, -0.05) is 158 Å². The first-order valence-corrected chi connectivity index (χ1v) is 15.2. The van der Waals surface area contributed by atoms with E-state index in [9.17, 15) is 0 Å². The molecule has 0 amide bonds. The van der Waals surface area contributed by atoms with Crippen LogP contribution in [0.4, 0.5) is 0 Å². The van der Waals surface area contributed by atoms with Crippen LogP contribution in [-0.4, -0.2) is 0 Å². The molecule has 0 aliphatic carbocycles. The maximum absolute atomic E-state index is 2.41. The minimum atomic E-state index is 1.03. The Kier molecular flexibility index (Phi) is 9.03. The highest BCUT2D eigenvalue weighted by Gasteiger charge is 2.16. The van der Waals surface area contributed by atoms with Crippen molar-refractivity contribution in [3.63, 3.8) is 0 Å². The summed E-state index contributed by atoms with van der Waals surface area (Å²) in [5, 5.41) is 0. The smallest absolute Gasteiger partial charge is 0.0149 e. The fraction of sp³-hybridized carbons (Fsp3) is 0.143. The van der Waals surface area contributed by atoms with Crippen LogP contribution < -0.4 is 0 Å². The normalized spacial score (nSPS) is 11.0. The zero-order chi connectivity index (χ0) is 28.4. The highest BCUT2D eigenvalue weighted by Crippen LogP contribution is 2.33. The van der Waals surface area contributed by atoms with Crippen molar-refractivity contribution in [1.82, 2.24) is 0 Å². The summed E-state index contributed by atoms with van der Waals surface area (Å²) in [7, 11) is 0. The lowest BCUT2D eigenvalue weighted by Crippen LogP contribution is -2.07. The van der Waals surface area contributed by atoms with E-state index in [2.05, 4.69) is 158 Å². The predicted octanol–water partition coefficient (Wildman–Crippen LogP) is 10.4. The Hall–Kier alpha value is -4.68. The van der Waals surface area contributed by atoms with E-state index in [1.165, 1.54) is 55.6 Å². The van der Waals surface area contributed by atoms with Gasteiger partial charge >= 0.3 is 0 Å². The molecule has 0 bridgehead atoms. The number of benzene rings is 6. The van der Waals surface area contributed by atoms with Crippen LogP contribution >= 0.6 is 0 Å². The standard InChI is InChI=1S/C42H38/c1-5-13-33(14-6-1)21-24-38-29-32-41(39-27-25-37(26-28-39)36-19-11-4-12-20-36)42(31-23-35-17-9-3-10-18-35)40(38)30-22-34-15-7-2-8-16-34/h1-20,25-29,32H,21-24,30-31H2. The van der Waals surface area contributed by atoms with Crippen LogP contribution in [0.15, 0.2) is 158 Å². The molecule has 0 heterocycles. The minimum absolute atomic E-state index is 1.03. The fourth-order valence-electron chi connectivity index (χ4n) is 6.07. The van der Waals surface area contributed by atoms with Crippen molar-refractivity contribution in [1.29, 1.82) is 0 Å². The van der Waals surface area contributed by atoms with E-state index in [0.717, 1.165) is 38.5 Å². The highest BCUT2D eigenvalue weighted by atomic mass is 14.2. The second-order valence-corrected chi connectivity index (χ2v) is 11.1. The summed E-state index contributed by atoms with van der Waals surface area (Å²) in [6, 6.07) is 57.5. The molecule has 6 aromatic carbocycles. The number of hydrogen-bond acceptors (Lipinski definition) is 0. The van der Waals surface area contributed by atoms with E-state index in [1.54, 1.807) is 0 Å². The van der Waals surface area contributed by atoms with Gasteiger partial charge in [0.05, 0.1) is 0 Å². The molecule has 0 heteroatoms. The third-order valence-corrected chi connectivity index (χ3v) is 8.37. The van der Waals surface area contributed by atoms with Crippen molar-refractivity contribution < 1.29 is 0 Å². The second-order valence-electron chi connectivity index (χ2n) is 11.1. The van der Waals surface area contributed by atoms with Gasteiger partial charge in [-0.05, 0) is 94.2 Å². The molecule has 6 aromatic rings. The molecule has 0 spiro atoms. The monoisotopic (exact) mass is 542 g/mol. The van der Waals surface area contributed by atoms with Gasteiger partial charge in [0, 0.05) is 0 Å². The first-order valence-electron chi connectivity index (χ1n) is 15.2. The average molecular weight is 543 g/mol. The fourth-order valence-corrected chi connectivity index (χ4v) is 6.07. The van der Waals surface area contributed by atoms with Gasteiger partial charge in [-0.2, -0.15) is 0 Å². The molecule has 0 N–H and O–H groups in total. The second kappa shape index (κ2) is 13.8. The summed E-state index contributed by atoms with van der Waals surface area (Å²) >= 11 is 0. The summed E-state index contributed by atoms with van der Waals surface area (Å²) in [4.78, 5) is 0. The highest BCUT2D eigenvalue weighted by molar-refractivity contribution is 5.74. The molecule has 0 atom stereocenters. The summed E-state index contributed by atoms with van der Waals surface area (Å²) in [6.07, 6.45) is 6.28. The molecule has 206 valence electrons. The largest absolute Gasteiger partial charge is 0.0622 e. The molecule has 0 saturated carbocycles. The van der Waals surface area contributed by atoms with Crippen molar-refractivity contribution in [2.45, 2.75) is 38.5 Å². The molecule has 0 fully saturated rings. The summed E-state index contributed by atoms with van der Waals surface area (Å²) in [6.45, 7) is 0. The molecule has 0 radical (unpaired) electrons. The van der Waals surface area contributed by atoms with Crippen molar-refractivity contribution in [2.75, 3.05) is 0 Å². The first-order chi connectivity index (χ1) is 20.8. The van der Waals surface area contributed by atoms with Gasteiger partial charge in [0.1, 0.15) is 0 Å². The van der Waals surface area contributed by atoms with Crippen molar-refractivity contribution in [3.05, 3.63) is 191 Å². The molecular formula is C42H38. The molecule has 42 heavy (non-hydrogen) atoms. The van der Waals surface area contributed by atoms with Gasteiger partial charge < -0.3 is 0 Å². The van der Waals surface area contributed by atoms with Crippen LogP contribution in [0.2, 0.25) is 0 Å². The lowest BCUT2D eigenvalue weighted by Gasteiger charge is -2.20. The molecule has 6 rings (SSSR count). The molecule has 0 aliphatic rings. The first kappa shape index (κ1) is 27.5. The van der Waals surface area contributed by atoms with E-state index in [-0.39, 0.29) is 0 Å². The summed E-state index contributed by atoms with van der Waals surface area (Å²) in [5.74, 6) is 0. The molecular weight excluding hydrogens is 504 g/mol. The zero-order valence-corrected chi connectivity index (χ0v) is 24.3. The topological polar surface area (TPSA) is 0 Å². The lowest BCUT2D eigenvalue weighted by atomic mass is 9.84. The Balaban J connectivity index is 1.39. The minimum Gasteiger partial charge on any atom is -0.0622 e. The van der Waals surface area contributed by atoms with Gasteiger partial charge in [-0.15, -0.1) is 0 Å². The van der Waals surface area contributed by atoms with E-state index in [1.807, 2.05) is 0 Å². The van der Waals surface area contributed by atoms with Crippen LogP contribution in [0, 0.1) is 0 Å². The van der Waals surface area contributed by atoms with Gasteiger partial charge in [-0.3, -0.25) is 0 Å². The van der Waals surface area contributed by atoms with Crippen LogP contribution in [0.5, 0.6) is 0 Å². The van der Waals surface area contributed by atoms with E-state index < -0.39 is 0 Å². The molecule has 0 nitrogen and oxygen atoms in total. The molecule has 0 aliphatic heterocycles. The van der Waals surface area contributed by atoms with Crippen LogP contribution in [0.3, 0.4) is 0 Å². The maximum Gasteiger partial charge on any atom is -0.0149 e. The summed E-state index contributed by atoms with van der Waals surface area (Å²) < 4.78 is 0. The molecule has 0 aromatic heterocycles. The summed E-state index contributed by atoms with van der Waals surface area (Å²) in [5.41, 5.74) is 13.9. The lowest BCUT2D eigenvalue weighted by molar-refractivity contribution is 0.857. The van der Waals surface area contributed by atoms with Crippen molar-refractivity contribution in [3.8, 4) is 22.3 Å². The van der Waals surface area contributed by atoms with Gasteiger partial charge in [0.2, 0.25) is 0 Å². The average Bonchev–Trinajstić information content (AvgIpc) is 3.07. The van der Waals surface area contributed by atoms with Gasteiger partial charge in [0.25, 0.3) is 0 Å². The SMILES string of the molecule is c1ccc(CCc2ccc(-c3ccc(-c4ccccc4)cc3)c(CCc3ccccc3)c2CCc2ccccc2)cc1. The Morgan fingerprint density at radius 2 is 0.667 bits per heavy atom. The Morgan fingerprint density at radius 3 is 1.19 bits per heavy atom. The number of aryl methyl sites for hydroxylation is 4. The van der Waals surface area contributed by atoms with Crippen LogP contribution in [0.1, 0.15) is 33.4 Å². The molecule has 0 unspecified atom stereocenters. The predicted molar refractivity (Wildman–Crippen MR) is 179 cm³/mol. The van der Waals surface area contributed by atoms with Crippen molar-refractivity contribution >= 4 is 0 Å². The van der Waals surface area contributed by atoms with Crippen LogP contribution in [0.25, 0.3) is 22.3 Å². The maximum atomic E-state index is 2.41. The van der Waals surface area contributed by atoms with E-state index in [4.69, 9.17) is 0 Å². The van der Waals surface area contributed by atoms with Gasteiger partial charge in [-0.25, -0.2) is 0 Å². The van der Waals surface area contributed by atoms with Gasteiger partial charge in [0.15, 0.2) is 0 Å². The van der Waals surface area contributed by atoms with E-state index in [0.29, 0.717) is 0 Å². The third kappa shape index (κ3) is 6.96. The van der Waals surface area contributed by atoms with Crippen LogP contribution in [-0.2, 0) is 38.5 Å². The van der Waals surface area contributed by atoms with E-state index >= 15 is 0 Å². The van der Waals surface area contributed by atoms with Crippen molar-refractivity contribution in [2.24, 2.45) is 0 Å².